The molecular formula is CBF3K. The molecule has 29 valence electrons. The van der Waals surface area contributed by atoms with E-state index in [1.165, 1.54) is 0 Å². The van der Waals surface area contributed by atoms with Gasteiger partial charge >= 0.3 is 51.4 Å². The summed E-state index contributed by atoms with van der Waals surface area (Å²) in [5, 5.41) is 0. The summed E-state index contributed by atoms with van der Waals surface area (Å²) < 4.78 is 30.4. The van der Waals surface area contributed by atoms with E-state index in [9.17, 15) is 13.2 Å². The standard InChI is InChI=1S/CBF3.K/c2-1(3,4)5;/q-1;+1. The minimum absolute atomic E-state index is 0. The van der Waals surface area contributed by atoms with Crippen molar-refractivity contribution in [2.75, 3.05) is 0 Å². The normalized spacial score (nSPS) is 10.0. The Morgan fingerprint density at radius 1 is 1.17 bits per heavy atom. The van der Waals surface area contributed by atoms with Gasteiger partial charge in [0, 0.05) is 0 Å². The Hall–Kier alpha value is 1.49. The van der Waals surface area contributed by atoms with Gasteiger partial charge in [0.25, 0.3) is 0 Å². The summed E-state index contributed by atoms with van der Waals surface area (Å²) in [6.45, 7) is 0. The van der Waals surface area contributed by atoms with Crippen molar-refractivity contribution in [1.29, 1.82) is 0 Å². The Morgan fingerprint density at radius 3 is 1.17 bits per heavy atom. The summed E-state index contributed by atoms with van der Waals surface area (Å²) in [5.74, 6) is 0. The van der Waals surface area contributed by atoms with Gasteiger partial charge in [-0.25, -0.2) is 13.2 Å². The Bertz CT molecular complexity index is 26.3. The fourth-order valence-corrected chi connectivity index (χ4v) is 0. The van der Waals surface area contributed by atoms with Crippen molar-refractivity contribution in [2.24, 2.45) is 0 Å². The molecule has 0 amide bonds. The molecule has 0 saturated carbocycles. The first-order valence-corrected chi connectivity index (χ1v) is 0.856. The second-order valence-corrected chi connectivity index (χ2v) is 0.542. The maximum absolute atomic E-state index is 10.1. The molecule has 0 N–H and O–H groups in total. The molecular weight excluding hydrogens is 119 g/mol. The van der Waals surface area contributed by atoms with E-state index in [0.717, 1.165) is 0 Å². The third kappa shape index (κ3) is 49.8. The molecule has 0 aliphatic heterocycles. The zero-order valence-electron chi connectivity index (χ0n) is 3.21. The summed E-state index contributed by atoms with van der Waals surface area (Å²) in [4.78, 5) is 0. The molecule has 0 atom stereocenters. The summed E-state index contributed by atoms with van der Waals surface area (Å²) >= 11 is 0. The van der Waals surface area contributed by atoms with Crippen molar-refractivity contribution in [1.82, 2.24) is 0 Å². The summed E-state index contributed by atoms with van der Waals surface area (Å²) in [6, 6.07) is 0. The second-order valence-electron chi connectivity index (χ2n) is 0.542. The van der Waals surface area contributed by atoms with Crippen molar-refractivity contribution in [3.8, 4) is 0 Å². The maximum atomic E-state index is 10.1. The fourth-order valence-electron chi connectivity index (χ4n) is 0. The van der Waals surface area contributed by atoms with E-state index in [4.69, 9.17) is 0 Å². The molecule has 0 aliphatic carbocycles. The molecule has 0 unspecified atom stereocenters. The van der Waals surface area contributed by atoms with Gasteiger partial charge in [0.2, 0.25) is 0 Å². The van der Waals surface area contributed by atoms with Gasteiger partial charge in [-0.05, 0) is 0 Å². The van der Waals surface area contributed by atoms with Crippen LogP contribution in [-0.2, 0) is 0 Å². The Labute approximate surface area is 77.3 Å². The van der Waals surface area contributed by atoms with Crippen LogP contribution in [0.5, 0.6) is 0 Å². The quantitative estimate of drug-likeness (QED) is 0.314. The maximum Gasteiger partial charge on any atom is 1.00 e. The molecule has 5 heteroatoms. The number of rotatable bonds is 0. The predicted octanol–water partition coefficient (Wildman–Crippen LogP) is -2.32. The molecule has 0 aromatic rings. The molecule has 0 fully saturated rings. The molecule has 0 aromatic heterocycles. The van der Waals surface area contributed by atoms with Crippen molar-refractivity contribution in [3.05, 3.63) is 0 Å². The van der Waals surface area contributed by atoms with Gasteiger partial charge in [-0.2, -0.15) is 0 Å². The van der Waals surface area contributed by atoms with Crippen LogP contribution < -0.4 is 51.4 Å². The molecule has 3 radical (unpaired) electrons. The van der Waals surface area contributed by atoms with Crippen LogP contribution in [0.25, 0.3) is 0 Å². The molecule has 0 rings (SSSR count). The first kappa shape index (κ1) is 10.5. The van der Waals surface area contributed by atoms with E-state index < -0.39 is 6.08 Å². The minimum atomic E-state index is -4.50. The smallest absolute Gasteiger partial charge is 0.475 e. The van der Waals surface area contributed by atoms with Crippen LogP contribution in [0.2, 0.25) is 0 Å². The first-order chi connectivity index (χ1) is 2.00. The van der Waals surface area contributed by atoms with Gasteiger partial charge in [-0.15, -0.1) is 0 Å². The molecule has 0 saturated heterocycles. The third-order valence-corrected chi connectivity index (χ3v) is 0. The minimum Gasteiger partial charge on any atom is -0.475 e. The van der Waals surface area contributed by atoms with Crippen molar-refractivity contribution >= 4 is 7.85 Å². The van der Waals surface area contributed by atoms with Crippen LogP contribution in [0.15, 0.2) is 0 Å². The van der Waals surface area contributed by atoms with Gasteiger partial charge in [-0.1, -0.05) is 0 Å². The third-order valence-electron chi connectivity index (χ3n) is 0. The van der Waals surface area contributed by atoms with Crippen molar-refractivity contribution in [2.45, 2.75) is 6.08 Å². The average Bonchev–Trinajstić information content (AvgIpc) is 0.722. The molecule has 0 nitrogen and oxygen atoms in total. The van der Waals surface area contributed by atoms with Gasteiger partial charge < -0.3 is 7.85 Å². The largest absolute Gasteiger partial charge is 1.00 e. The number of alkyl halides is 3. The van der Waals surface area contributed by atoms with Crippen LogP contribution in [0.4, 0.5) is 13.2 Å². The summed E-state index contributed by atoms with van der Waals surface area (Å²) in [5.41, 5.74) is 0. The fraction of sp³-hybridized carbons (Fsp3) is 1.00. The summed E-state index contributed by atoms with van der Waals surface area (Å²) in [7, 11) is 3.35. The van der Waals surface area contributed by atoms with Gasteiger partial charge in [0.1, 0.15) is 0 Å². The monoisotopic (exact) mass is 119 g/mol. The van der Waals surface area contributed by atoms with E-state index in [-0.39, 0.29) is 51.4 Å². The predicted molar refractivity (Wildman–Crippen MR) is 11.8 cm³/mol. The zero-order chi connectivity index (χ0) is 4.50. The van der Waals surface area contributed by atoms with Crippen LogP contribution in [0, 0.1) is 0 Å². The Morgan fingerprint density at radius 2 is 1.17 bits per heavy atom. The van der Waals surface area contributed by atoms with Gasteiger partial charge in [0.15, 0.2) is 6.08 Å². The molecule has 0 aromatic carbocycles. The molecule has 0 bridgehead atoms. The first-order valence-electron chi connectivity index (χ1n) is 0.856. The van der Waals surface area contributed by atoms with Gasteiger partial charge in [0.05, 0.1) is 0 Å². The SMILES string of the molecule is [B-]C(F)(F)F.[K+]. The number of hydrogen-bond donors (Lipinski definition) is 0. The number of halogens is 3. The van der Waals surface area contributed by atoms with E-state index in [1.54, 1.807) is 0 Å². The van der Waals surface area contributed by atoms with Crippen LogP contribution in [0.1, 0.15) is 0 Å². The number of hydrogen-bond acceptors (Lipinski definition) is 0. The van der Waals surface area contributed by atoms with E-state index in [1.807, 2.05) is 0 Å². The molecule has 0 spiro atoms. The zero-order valence-corrected chi connectivity index (χ0v) is 6.33. The molecule has 0 heterocycles. The van der Waals surface area contributed by atoms with Crippen LogP contribution in [-0.4, -0.2) is 13.9 Å². The van der Waals surface area contributed by atoms with Crippen molar-refractivity contribution in [3.63, 3.8) is 0 Å². The topological polar surface area (TPSA) is 0 Å². The van der Waals surface area contributed by atoms with Crippen LogP contribution in [0.3, 0.4) is 0 Å². The second kappa shape index (κ2) is 3.49. The van der Waals surface area contributed by atoms with E-state index in [2.05, 4.69) is 7.85 Å². The van der Waals surface area contributed by atoms with Crippen molar-refractivity contribution < 1.29 is 64.6 Å². The van der Waals surface area contributed by atoms with Crippen LogP contribution >= 0.6 is 0 Å². The molecule has 0 aliphatic rings. The van der Waals surface area contributed by atoms with E-state index in [0.29, 0.717) is 0 Å². The van der Waals surface area contributed by atoms with E-state index >= 15 is 0 Å². The molecule has 6 heavy (non-hydrogen) atoms. The Kier molecular flexibility index (Phi) is 6.09. The van der Waals surface area contributed by atoms with Gasteiger partial charge in [-0.3, -0.25) is 0 Å². The average molecular weight is 119 g/mol. The summed E-state index contributed by atoms with van der Waals surface area (Å²) in [6.07, 6.45) is -4.50. The Balaban J connectivity index is 0.